The minimum Gasteiger partial charge on any atom is -0.345 e. The highest BCUT2D eigenvalue weighted by molar-refractivity contribution is 5.77. The summed E-state index contributed by atoms with van der Waals surface area (Å²) in [6, 6.07) is 0. The average molecular weight is 215 g/mol. The monoisotopic (exact) mass is 215 g/mol. The van der Waals surface area contributed by atoms with Crippen molar-refractivity contribution in [3.05, 3.63) is 0 Å². The summed E-state index contributed by atoms with van der Waals surface area (Å²) in [6.07, 6.45) is 1.97. The van der Waals surface area contributed by atoms with Gasteiger partial charge in [-0.15, -0.1) is 0 Å². The quantitative estimate of drug-likeness (QED) is 0.642. The Kier molecular flexibility index (Phi) is 8.33. The molecule has 0 heterocycles. The van der Waals surface area contributed by atoms with Crippen molar-refractivity contribution in [2.24, 2.45) is 5.73 Å². The maximum Gasteiger partial charge on any atom is 0.236 e. The van der Waals surface area contributed by atoms with Crippen LogP contribution in [0.2, 0.25) is 0 Å². The van der Waals surface area contributed by atoms with Crippen molar-refractivity contribution in [1.82, 2.24) is 9.80 Å². The first-order chi connectivity index (χ1) is 7.15. The molecule has 0 aliphatic rings. The molecule has 0 aromatic heterocycles. The first-order valence-electron chi connectivity index (χ1n) is 5.82. The highest BCUT2D eigenvalue weighted by atomic mass is 16.2. The van der Waals surface area contributed by atoms with Crippen LogP contribution in [0.1, 0.15) is 26.7 Å². The molecule has 4 heteroatoms. The molecule has 1 amide bonds. The van der Waals surface area contributed by atoms with Crippen molar-refractivity contribution >= 4 is 5.91 Å². The molecule has 0 saturated carbocycles. The lowest BCUT2D eigenvalue weighted by molar-refractivity contribution is -0.131. The highest BCUT2D eigenvalue weighted by Gasteiger charge is 2.11. The van der Waals surface area contributed by atoms with Gasteiger partial charge in [0.2, 0.25) is 5.91 Å². The van der Waals surface area contributed by atoms with Crippen LogP contribution in [-0.4, -0.2) is 55.5 Å². The minimum atomic E-state index is 0.193. The molecule has 4 nitrogen and oxygen atoms in total. The van der Waals surface area contributed by atoms with Crippen LogP contribution in [0.25, 0.3) is 0 Å². The Morgan fingerprint density at radius 2 is 1.93 bits per heavy atom. The number of carbonyl (C=O) groups is 1. The summed E-state index contributed by atoms with van der Waals surface area (Å²) in [6.45, 7) is 8.08. The zero-order valence-corrected chi connectivity index (χ0v) is 10.3. The first kappa shape index (κ1) is 14.4. The van der Waals surface area contributed by atoms with Crippen molar-refractivity contribution in [2.45, 2.75) is 26.7 Å². The van der Waals surface area contributed by atoms with E-state index in [1.807, 2.05) is 7.05 Å². The predicted octanol–water partition coefficient (Wildman–Crippen LogP) is 0.526. The molecule has 0 aromatic rings. The third-order valence-electron chi connectivity index (χ3n) is 2.47. The fourth-order valence-electron chi connectivity index (χ4n) is 1.43. The van der Waals surface area contributed by atoms with E-state index in [0.29, 0.717) is 13.1 Å². The lowest BCUT2D eigenvalue weighted by atomic mass is 10.3. The van der Waals surface area contributed by atoms with E-state index in [-0.39, 0.29) is 5.91 Å². The van der Waals surface area contributed by atoms with E-state index >= 15 is 0 Å². The summed E-state index contributed by atoms with van der Waals surface area (Å²) in [5.74, 6) is 0.193. The van der Waals surface area contributed by atoms with E-state index in [4.69, 9.17) is 5.73 Å². The van der Waals surface area contributed by atoms with Gasteiger partial charge in [0, 0.05) is 13.6 Å². The molecular weight excluding hydrogens is 190 g/mol. The van der Waals surface area contributed by atoms with Crippen molar-refractivity contribution in [3.8, 4) is 0 Å². The van der Waals surface area contributed by atoms with Crippen molar-refractivity contribution in [3.63, 3.8) is 0 Å². The third kappa shape index (κ3) is 6.47. The molecular formula is C11H25N3O. The molecule has 0 rings (SSSR count). The van der Waals surface area contributed by atoms with Gasteiger partial charge in [0.1, 0.15) is 0 Å². The Balaban J connectivity index is 3.87. The number of rotatable bonds is 8. The van der Waals surface area contributed by atoms with Crippen LogP contribution in [0.5, 0.6) is 0 Å². The fraction of sp³-hybridized carbons (Fsp3) is 0.909. The minimum absolute atomic E-state index is 0.193. The number of likely N-dealkylation sites (N-methyl/N-ethyl adjacent to an activating group) is 2. The summed E-state index contributed by atoms with van der Waals surface area (Å²) >= 11 is 0. The molecule has 0 aliphatic heterocycles. The highest BCUT2D eigenvalue weighted by Crippen LogP contribution is 1.95. The zero-order valence-electron chi connectivity index (χ0n) is 10.3. The number of hydrogen-bond donors (Lipinski definition) is 1. The summed E-state index contributed by atoms with van der Waals surface area (Å²) < 4.78 is 0. The maximum absolute atomic E-state index is 11.7. The topological polar surface area (TPSA) is 49.6 Å². The van der Waals surface area contributed by atoms with Crippen LogP contribution in [0.15, 0.2) is 0 Å². The molecule has 0 bridgehead atoms. The zero-order chi connectivity index (χ0) is 11.7. The number of nitrogens with zero attached hydrogens (tertiary/aromatic N) is 2. The van der Waals surface area contributed by atoms with Gasteiger partial charge in [-0.05, 0) is 32.5 Å². The van der Waals surface area contributed by atoms with E-state index in [0.717, 1.165) is 32.5 Å². The Morgan fingerprint density at radius 3 is 2.40 bits per heavy atom. The van der Waals surface area contributed by atoms with Gasteiger partial charge in [-0.25, -0.2) is 0 Å². The van der Waals surface area contributed by atoms with Gasteiger partial charge in [0.25, 0.3) is 0 Å². The lowest BCUT2D eigenvalue weighted by Crippen LogP contribution is -2.39. The molecule has 0 radical (unpaired) electrons. The van der Waals surface area contributed by atoms with E-state index in [1.54, 1.807) is 4.90 Å². The van der Waals surface area contributed by atoms with E-state index < -0.39 is 0 Å². The van der Waals surface area contributed by atoms with Gasteiger partial charge in [0.15, 0.2) is 0 Å². The number of amides is 1. The SMILES string of the molecule is CCCN(CC)CC(=O)N(C)CCCN. The molecule has 15 heavy (non-hydrogen) atoms. The first-order valence-corrected chi connectivity index (χ1v) is 5.82. The fourth-order valence-corrected chi connectivity index (χ4v) is 1.43. The average Bonchev–Trinajstić information content (AvgIpc) is 2.24. The second kappa shape index (κ2) is 8.68. The van der Waals surface area contributed by atoms with Gasteiger partial charge in [-0.1, -0.05) is 13.8 Å². The van der Waals surface area contributed by atoms with Crippen LogP contribution < -0.4 is 5.73 Å². The summed E-state index contributed by atoms with van der Waals surface area (Å²) in [5.41, 5.74) is 5.40. The van der Waals surface area contributed by atoms with E-state index in [1.165, 1.54) is 0 Å². The van der Waals surface area contributed by atoms with Crippen LogP contribution in [0.3, 0.4) is 0 Å². The molecule has 90 valence electrons. The molecule has 0 aliphatic carbocycles. The summed E-state index contributed by atoms with van der Waals surface area (Å²) in [4.78, 5) is 15.7. The van der Waals surface area contributed by atoms with Gasteiger partial charge < -0.3 is 10.6 Å². The molecule has 0 saturated heterocycles. The predicted molar refractivity (Wildman–Crippen MR) is 63.7 cm³/mol. The molecule has 0 unspecified atom stereocenters. The standard InChI is InChI=1S/C11H25N3O/c1-4-8-14(5-2)10-11(15)13(3)9-6-7-12/h4-10,12H2,1-3H3. The molecule has 0 spiro atoms. The van der Waals surface area contributed by atoms with Crippen LogP contribution in [-0.2, 0) is 4.79 Å². The lowest BCUT2D eigenvalue weighted by Gasteiger charge is -2.23. The van der Waals surface area contributed by atoms with E-state index in [9.17, 15) is 4.79 Å². The van der Waals surface area contributed by atoms with Crippen LogP contribution in [0.4, 0.5) is 0 Å². The smallest absolute Gasteiger partial charge is 0.236 e. The normalized spacial score (nSPS) is 10.7. The number of hydrogen-bond acceptors (Lipinski definition) is 3. The van der Waals surface area contributed by atoms with Gasteiger partial charge in [-0.2, -0.15) is 0 Å². The summed E-state index contributed by atoms with van der Waals surface area (Å²) in [7, 11) is 1.85. The van der Waals surface area contributed by atoms with Gasteiger partial charge >= 0.3 is 0 Å². The second-order valence-corrected chi connectivity index (χ2v) is 3.83. The molecule has 2 N–H and O–H groups in total. The Bertz CT molecular complexity index is 173. The summed E-state index contributed by atoms with van der Waals surface area (Å²) in [5, 5.41) is 0. The molecule has 0 aromatic carbocycles. The van der Waals surface area contributed by atoms with Gasteiger partial charge in [-0.3, -0.25) is 9.69 Å². The third-order valence-corrected chi connectivity index (χ3v) is 2.47. The number of carbonyl (C=O) groups excluding carboxylic acids is 1. The largest absolute Gasteiger partial charge is 0.345 e. The van der Waals surface area contributed by atoms with Crippen LogP contribution in [0, 0.1) is 0 Å². The number of nitrogens with two attached hydrogens (primary N) is 1. The van der Waals surface area contributed by atoms with Crippen molar-refractivity contribution in [2.75, 3.05) is 39.8 Å². The van der Waals surface area contributed by atoms with Crippen LogP contribution >= 0.6 is 0 Å². The second-order valence-electron chi connectivity index (χ2n) is 3.83. The Morgan fingerprint density at radius 1 is 1.27 bits per heavy atom. The van der Waals surface area contributed by atoms with Gasteiger partial charge in [0.05, 0.1) is 6.54 Å². The van der Waals surface area contributed by atoms with Crippen molar-refractivity contribution < 1.29 is 4.79 Å². The molecule has 0 fully saturated rings. The Labute approximate surface area is 93.4 Å². The van der Waals surface area contributed by atoms with Crippen molar-refractivity contribution in [1.29, 1.82) is 0 Å². The Hall–Kier alpha value is -0.610. The maximum atomic E-state index is 11.7. The molecule has 0 atom stereocenters. The van der Waals surface area contributed by atoms with E-state index in [2.05, 4.69) is 18.7 Å².